The average molecular weight is 445 g/mol. The molecule has 2 atom stereocenters. The average Bonchev–Trinajstić information content (AvgIpc) is 2.64. The number of amides is 1. The molecule has 1 amide bonds. The van der Waals surface area contributed by atoms with E-state index in [4.69, 9.17) is 19.9 Å². The van der Waals surface area contributed by atoms with Crippen molar-refractivity contribution in [3.63, 3.8) is 0 Å². The number of methoxy groups -OCH3 is 1. The molecule has 0 fully saturated rings. The van der Waals surface area contributed by atoms with E-state index in [0.29, 0.717) is 12.4 Å². The SMILES string of the molecule is CCOc1cc([C@@](CN)(OC(=O)[C@H](CC(C)C)NC(C)=O)S(C)(=O)=O)ccc1OC. The minimum absolute atomic E-state index is 0.0467. The van der Waals surface area contributed by atoms with Crippen molar-refractivity contribution in [2.75, 3.05) is 26.5 Å². The highest BCUT2D eigenvalue weighted by Gasteiger charge is 2.47. The zero-order chi connectivity index (χ0) is 23.1. The number of hydrogen-bond acceptors (Lipinski definition) is 8. The molecule has 0 aliphatic rings. The second-order valence-electron chi connectivity index (χ2n) is 7.33. The van der Waals surface area contributed by atoms with Crippen LogP contribution in [0.3, 0.4) is 0 Å². The first-order valence-electron chi connectivity index (χ1n) is 9.62. The Bertz CT molecular complexity index is 855. The molecule has 9 nitrogen and oxygen atoms in total. The largest absolute Gasteiger partial charge is 0.493 e. The highest BCUT2D eigenvalue weighted by Crippen LogP contribution is 2.37. The van der Waals surface area contributed by atoms with Crippen molar-refractivity contribution in [1.29, 1.82) is 0 Å². The number of esters is 1. The van der Waals surface area contributed by atoms with Crippen LogP contribution in [0.5, 0.6) is 11.5 Å². The highest BCUT2D eigenvalue weighted by molar-refractivity contribution is 7.91. The summed E-state index contributed by atoms with van der Waals surface area (Å²) in [7, 11) is -2.59. The van der Waals surface area contributed by atoms with Crippen LogP contribution < -0.4 is 20.5 Å². The maximum Gasteiger partial charge on any atom is 0.330 e. The van der Waals surface area contributed by atoms with E-state index in [1.165, 1.54) is 32.2 Å². The van der Waals surface area contributed by atoms with Crippen molar-refractivity contribution in [3.8, 4) is 11.5 Å². The number of carbonyl (C=O) groups is 2. The van der Waals surface area contributed by atoms with Crippen molar-refractivity contribution >= 4 is 21.7 Å². The predicted molar refractivity (Wildman–Crippen MR) is 113 cm³/mol. The number of nitrogens with one attached hydrogen (secondary N) is 1. The first-order valence-corrected chi connectivity index (χ1v) is 11.5. The van der Waals surface area contributed by atoms with Gasteiger partial charge in [0.1, 0.15) is 6.04 Å². The molecule has 0 saturated carbocycles. The third kappa shape index (κ3) is 6.09. The quantitative estimate of drug-likeness (QED) is 0.489. The van der Waals surface area contributed by atoms with Crippen molar-refractivity contribution in [3.05, 3.63) is 23.8 Å². The van der Waals surface area contributed by atoms with E-state index in [9.17, 15) is 18.0 Å². The fraction of sp³-hybridized carbons (Fsp3) is 0.600. The summed E-state index contributed by atoms with van der Waals surface area (Å²) in [5.41, 5.74) is 5.98. The van der Waals surface area contributed by atoms with Crippen molar-refractivity contribution in [1.82, 2.24) is 5.32 Å². The molecule has 0 aromatic heterocycles. The van der Waals surface area contributed by atoms with E-state index in [-0.39, 0.29) is 23.7 Å². The van der Waals surface area contributed by atoms with Gasteiger partial charge in [-0.3, -0.25) is 4.79 Å². The van der Waals surface area contributed by atoms with Gasteiger partial charge in [-0.05, 0) is 37.5 Å². The lowest BCUT2D eigenvalue weighted by molar-refractivity contribution is -0.156. The Labute approximate surface area is 178 Å². The van der Waals surface area contributed by atoms with Crippen LogP contribution in [0.25, 0.3) is 0 Å². The second-order valence-corrected chi connectivity index (χ2v) is 9.54. The molecule has 3 N–H and O–H groups in total. The number of ether oxygens (including phenoxy) is 3. The first-order chi connectivity index (χ1) is 13.9. The van der Waals surface area contributed by atoms with Crippen LogP contribution in [0.1, 0.15) is 39.7 Å². The molecule has 1 aromatic carbocycles. The molecule has 0 heterocycles. The summed E-state index contributed by atoms with van der Waals surface area (Å²) in [6.07, 6.45) is 1.21. The Balaban J connectivity index is 3.51. The van der Waals surface area contributed by atoms with E-state index in [1.807, 2.05) is 13.8 Å². The zero-order valence-electron chi connectivity index (χ0n) is 18.4. The molecule has 0 spiro atoms. The van der Waals surface area contributed by atoms with Crippen LogP contribution in [-0.2, 0) is 29.1 Å². The van der Waals surface area contributed by atoms with Gasteiger partial charge >= 0.3 is 5.97 Å². The summed E-state index contributed by atoms with van der Waals surface area (Å²) < 4.78 is 41.9. The Morgan fingerprint density at radius 3 is 2.30 bits per heavy atom. The van der Waals surface area contributed by atoms with E-state index >= 15 is 0 Å². The number of carbonyl (C=O) groups excluding carboxylic acids is 2. The number of benzene rings is 1. The zero-order valence-corrected chi connectivity index (χ0v) is 19.2. The van der Waals surface area contributed by atoms with Crippen LogP contribution in [0, 0.1) is 5.92 Å². The lowest BCUT2D eigenvalue weighted by Gasteiger charge is -2.33. The van der Waals surface area contributed by atoms with Gasteiger partial charge in [0.25, 0.3) is 0 Å². The van der Waals surface area contributed by atoms with Crippen molar-refractivity contribution in [2.24, 2.45) is 11.7 Å². The molecule has 1 rings (SSSR count). The van der Waals surface area contributed by atoms with E-state index in [1.54, 1.807) is 6.92 Å². The number of hydrogen-bond donors (Lipinski definition) is 2. The third-order valence-corrected chi connectivity index (χ3v) is 6.09. The van der Waals surface area contributed by atoms with Gasteiger partial charge in [-0.25, -0.2) is 13.2 Å². The van der Waals surface area contributed by atoms with Gasteiger partial charge in [0, 0.05) is 18.7 Å². The standard InChI is InChI=1S/C20H32N2O7S/c1-7-28-18-11-15(8-9-17(18)27-5)20(12-21,30(6,25)26)29-19(24)16(10-13(2)3)22-14(4)23/h8-9,11,13,16H,7,10,12,21H2,1-6H3,(H,22,23)/t16-,20-/m0/s1. The van der Waals surface area contributed by atoms with Gasteiger partial charge < -0.3 is 25.3 Å². The summed E-state index contributed by atoms with van der Waals surface area (Å²) in [6, 6.07) is 3.39. The van der Waals surface area contributed by atoms with Gasteiger partial charge in [0.05, 0.1) is 20.3 Å². The Kier molecular flexibility index (Phi) is 9.10. The molecule has 0 saturated heterocycles. The first kappa shape index (κ1) is 25.7. The van der Waals surface area contributed by atoms with Gasteiger partial charge in [-0.2, -0.15) is 0 Å². The van der Waals surface area contributed by atoms with Gasteiger partial charge in [-0.15, -0.1) is 0 Å². The third-order valence-electron chi connectivity index (χ3n) is 4.41. The minimum Gasteiger partial charge on any atom is -0.493 e. The summed E-state index contributed by atoms with van der Waals surface area (Å²) in [4.78, 5) is 22.3. The molecule has 0 aliphatic heterocycles. The van der Waals surface area contributed by atoms with Gasteiger partial charge in [0.2, 0.25) is 10.8 Å². The number of rotatable bonds is 11. The summed E-state index contributed by atoms with van der Waals surface area (Å²) in [5, 5.41) is 2.52. The van der Waals surface area contributed by atoms with E-state index < -0.39 is 39.2 Å². The number of nitrogens with two attached hydrogens (primary N) is 1. The molecule has 0 radical (unpaired) electrons. The molecule has 0 unspecified atom stereocenters. The van der Waals surface area contributed by atoms with Gasteiger partial charge in [0.15, 0.2) is 21.3 Å². The molecular weight excluding hydrogens is 412 g/mol. The fourth-order valence-electron chi connectivity index (χ4n) is 3.01. The van der Waals surface area contributed by atoms with Crippen LogP contribution in [0.4, 0.5) is 0 Å². The Morgan fingerprint density at radius 1 is 1.23 bits per heavy atom. The van der Waals surface area contributed by atoms with Crippen molar-refractivity contribution < 1.29 is 32.2 Å². The number of sulfone groups is 1. The summed E-state index contributed by atoms with van der Waals surface area (Å²) in [5.74, 6) is -0.592. The molecule has 0 bridgehead atoms. The summed E-state index contributed by atoms with van der Waals surface area (Å²) in [6.45, 7) is 6.56. The maximum atomic E-state index is 12.9. The normalized spacial score (nSPS) is 14.5. The lowest BCUT2D eigenvalue weighted by Crippen LogP contribution is -2.51. The fourth-order valence-corrected chi connectivity index (χ4v) is 4.10. The van der Waals surface area contributed by atoms with Crippen LogP contribution in [0.2, 0.25) is 0 Å². The van der Waals surface area contributed by atoms with E-state index in [2.05, 4.69) is 5.32 Å². The molecule has 30 heavy (non-hydrogen) atoms. The second kappa shape index (κ2) is 10.6. The lowest BCUT2D eigenvalue weighted by atomic mass is 10.0. The van der Waals surface area contributed by atoms with Crippen molar-refractivity contribution in [2.45, 2.75) is 45.1 Å². The highest BCUT2D eigenvalue weighted by atomic mass is 32.2. The Hall–Kier alpha value is -2.33. The smallest absolute Gasteiger partial charge is 0.330 e. The van der Waals surface area contributed by atoms with Crippen LogP contribution >= 0.6 is 0 Å². The molecule has 170 valence electrons. The van der Waals surface area contributed by atoms with E-state index in [0.717, 1.165) is 6.26 Å². The monoisotopic (exact) mass is 444 g/mol. The van der Waals surface area contributed by atoms with Crippen LogP contribution in [0.15, 0.2) is 18.2 Å². The predicted octanol–water partition coefficient (Wildman–Crippen LogP) is 1.34. The van der Waals surface area contributed by atoms with Gasteiger partial charge in [-0.1, -0.05) is 13.8 Å². The Morgan fingerprint density at radius 2 is 1.87 bits per heavy atom. The topological polar surface area (TPSA) is 134 Å². The molecular formula is C20H32N2O7S. The molecule has 0 aliphatic carbocycles. The maximum absolute atomic E-state index is 12.9. The van der Waals surface area contributed by atoms with Crippen LogP contribution in [-0.4, -0.2) is 52.9 Å². The molecule has 1 aromatic rings. The molecule has 10 heteroatoms. The summed E-state index contributed by atoms with van der Waals surface area (Å²) >= 11 is 0. The minimum atomic E-state index is -4.04.